The summed E-state index contributed by atoms with van der Waals surface area (Å²) in [5.74, 6) is 1.35. The molecule has 17 atom stereocenters. The molecule has 0 radical (unpaired) electrons. The van der Waals surface area contributed by atoms with Gasteiger partial charge in [-0.2, -0.15) is 0 Å². The van der Waals surface area contributed by atoms with Gasteiger partial charge in [-0.05, 0) is 143 Å². The van der Waals surface area contributed by atoms with Gasteiger partial charge in [0.25, 0.3) is 0 Å². The van der Waals surface area contributed by atoms with Crippen LogP contribution >= 0.6 is 0 Å². The highest BCUT2D eigenvalue weighted by Crippen LogP contribution is 2.84. The lowest BCUT2D eigenvalue weighted by Crippen LogP contribution is -2.80. The number of ketones is 1. The third kappa shape index (κ3) is 6.12. The molecule has 11 heteroatoms. The fourth-order valence-electron chi connectivity index (χ4n) is 20.6. The van der Waals surface area contributed by atoms with Crippen molar-refractivity contribution in [2.24, 2.45) is 69.0 Å². The molecule has 6 aliphatic carbocycles. The number of hydrogen-bond donors (Lipinski definition) is 2. The molecule has 5 saturated heterocycles. The summed E-state index contributed by atoms with van der Waals surface area (Å²) >= 11 is 0. The van der Waals surface area contributed by atoms with Crippen molar-refractivity contribution in [1.29, 1.82) is 0 Å². The first-order valence-corrected chi connectivity index (χ1v) is 28.7. The third-order valence-corrected chi connectivity index (χ3v) is 23.4. The number of Topliss-reactive ketones (excluding diaryl/α,β-unsaturated/α-hetero) is 1. The van der Waals surface area contributed by atoms with Gasteiger partial charge in [0.15, 0.2) is 11.9 Å². The lowest BCUT2D eigenvalue weighted by atomic mass is 9.32. The van der Waals surface area contributed by atoms with E-state index in [1.54, 1.807) is 6.26 Å². The van der Waals surface area contributed by atoms with Crippen LogP contribution in [0.5, 0.6) is 0 Å². The molecule has 14 rings (SSSR count). The topological polar surface area (TPSA) is 140 Å². The van der Waals surface area contributed by atoms with Gasteiger partial charge in [-0.3, -0.25) is 14.9 Å². The number of nitrogens with zero attached hydrogens (tertiary/aromatic N) is 1. The van der Waals surface area contributed by atoms with E-state index in [2.05, 4.69) is 66.7 Å². The zero-order valence-electron chi connectivity index (χ0n) is 42.3. The maximum Gasteiger partial charge on any atom is 0.339 e. The second-order valence-corrected chi connectivity index (χ2v) is 26.1. The van der Waals surface area contributed by atoms with Crippen molar-refractivity contribution in [3.8, 4) is 0 Å². The summed E-state index contributed by atoms with van der Waals surface area (Å²) in [6.07, 6.45) is 22.7. The molecule has 6 saturated carbocycles. The van der Waals surface area contributed by atoms with Crippen molar-refractivity contribution in [2.75, 3.05) is 19.8 Å². The number of nitrogens with one attached hydrogen (secondary N) is 1. The number of carbonyl (C=O) groups excluding carboxylic acids is 3. The Morgan fingerprint density at radius 3 is 2.46 bits per heavy atom. The number of esters is 2. The summed E-state index contributed by atoms with van der Waals surface area (Å²) < 4.78 is 35.1. The van der Waals surface area contributed by atoms with Gasteiger partial charge in [0, 0.05) is 40.8 Å². The van der Waals surface area contributed by atoms with Gasteiger partial charge in [-0.15, -0.1) is 0 Å². The van der Waals surface area contributed by atoms with Crippen molar-refractivity contribution in [2.45, 2.75) is 190 Å². The number of aliphatic hydroxyl groups excluding tert-OH is 1. The molecule has 0 bridgehead atoms. The molecule has 0 unspecified atom stereocenters. The zero-order chi connectivity index (χ0) is 48.1. The van der Waals surface area contributed by atoms with Gasteiger partial charge in [-0.1, -0.05) is 94.7 Å². The predicted octanol–water partition coefficient (Wildman–Crippen LogP) is 9.59. The van der Waals surface area contributed by atoms with Crippen molar-refractivity contribution in [3.63, 3.8) is 0 Å². The van der Waals surface area contributed by atoms with Crippen molar-refractivity contribution >= 4 is 17.7 Å². The summed E-state index contributed by atoms with van der Waals surface area (Å²) in [4.78, 5) is 48.8. The van der Waals surface area contributed by atoms with Crippen LogP contribution in [0.15, 0.2) is 59.4 Å². The number of benzene rings is 1. The zero-order valence-corrected chi connectivity index (χ0v) is 42.3. The lowest BCUT2D eigenvalue weighted by molar-refractivity contribution is -0.285. The van der Waals surface area contributed by atoms with Crippen LogP contribution in [0.1, 0.15) is 159 Å². The Bertz CT molecular complexity index is 2460. The Morgan fingerprint density at radius 1 is 0.817 bits per heavy atom. The second kappa shape index (κ2) is 16.5. The van der Waals surface area contributed by atoms with Crippen LogP contribution in [0.3, 0.4) is 0 Å². The normalized spacial score (nSPS) is 47.3. The molecule has 6 aliphatic heterocycles. The minimum Gasteiger partial charge on any atom is -0.469 e. The summed E-state index contributed by atoms with van der Waals surface area (Å²) in [7, 11) is 0. The van der Waals surface area contributed by atoms with Crippen LogP contribution in [0.2, 0.25) is 0 Å². The fourth-order valence-corrected chi connectivity index (χ4v) is 20.6. The van der Waals surface area contributed by atoms with E-state index >= 15 is 9.59 Å². The number of cyclic esters (lactones) is 2. The van der Waals surface area contributed by atoms with Gasteiger partial charge < -0.3 is 33.4 Å². The highest BCUT2D eigenvalue weighted by molar-refractivity contribution is 5.93. The SMILES string of the molecule is C[C@@]12CC[C@@H]3[C@@]45COC(=O)C6(CCCC6)[C@@H]4O[C@](C)(C4CCCCC4)[C@H]5C(=O)[C@@H](O)[C@@]3([C@H]3CCC[C@@H](Cc4ccccc4)C3)[C@]13O[C@@H]3C(=O)O[C@H]2c1ccoc1CC[C@@H]1CC[C@H]2[C@H](C=CN3CNC[C@@H]23)C1. The van der Waals surface area contributed by atoms with Crippen molar-refractivity contribution in [1.82, 2.24) is 10.2 Å². The monoisotopic (exact) mass is 971 g/mol. The Labute approximate surface area is 420 Å². The lowest BCUT2D eigenvalue weighted by Gasteiger charge is -2.71. The minimum absolute atomic E-state index is 0.0991. The average molecular weight is 971 g/mol. The van der Waals surface area contributed by atoms with Crippen LogP contribution in [-0.2, 0) is 46.2 Å². The van der Waals surface area contributed by atoms with Crippen LogP contribution < -0.4 is 5.32 Å². The van der Waals surface area contributed by atoms with Gasteiger partial charge in [-0.25, -0.2) is 4.79 Å². The van der Waals surface area contributed by atoms with Crippen LogP contribution in [0, 0.1) is 69.0 Å². The van der Waals surface area contributed by atoms with E-state index < -0.39 is 69.2 Å². The Morgan fingerprint density at radius 2 is 1.63 bits per heavy atom. The number of rotatable bonds is 8. The number of aliphatic hydroxyl groups is 1. The molecule has 1 aromatic carbocycles. The quantitative estimate of drug-likeness (QED) is 0.193. The molecule has 2 N–H and O–H groups in total. The molecule has 11 fully saturated rings. The van der Waals surface area contributed by atoms with Crippen LogP contribution in [-0.4, -0.2) is 83.1 Å². The smallest absolute Gasteiger partial charge is 0.339 e. The maximum absolute atomic E-state index is 16.6. The highest BCUT2D eigenvalue weighted by atomic mass is 16.7. The van der Waals surface area contributed by atoms with Crippen molar-refractivity contribution < 1.29 is 42.9 Å². The van der Waals surface area contributed by atoms with E-state index in [0.29, 0.717) is 55.4 Å². The first-order chi connectivity index (χ1) is 34.5. The Balaban J connectivity index is 0.878. The first kappa shape index (κ1) is 46.1. The Kier molecular flexibility index (Phi) is 10.7. The first-order valence-electron chi connectivity index (χ1n) is 28.7. The molecule has 2 aromatic rings. The van der Waals surface area contributed by atoms with E-state index in [1.807, 2.05) is 6.07 Å². The third-order valence-electron chi connectivity index (χ3n) is 23.4. The summed E-state index contributed by atoms with van der Waals surface area (Å²) in [6.45, 7) is 6.57. The van der Waals surface area contributed by atoms with Gasteiger partial charge in [0.05, 0.1) is 36.0 Å². The van der Waals surface area contributed by atoms with E-state index in [9.17, 15) is 9.90 Å². The maximum atomic E-state index is 16.6. The number of allylic oxidation sites excluding steroid dienone is 1. The molecular formula is C60H78N2O9. The van der Waals surface area contributed by atoms with Crippen molar-refractivity contribution in [3.05, 3.63) is 71.8 Å². The number of carbonyl (C=O) groups is 3. The fraction of sp³-hybridized carbons (Fsp3) is 0.750. The average Bonchev–Trinajstić information content (AvgIpc) is 3.86. The number of ether oxygens (including phenoxy) is 4. The Hall–Kier alpha value is -3.51. The molecule has 71 heavy (non-hydrogen) atoms. The second-order valence-electron chi connectivity index (χ2n) is 26.1. The van der Waals surface area contributed by atoms with Gasteiger partial charge in [0.1, 0.15) is 30.2 Å². The van der Waals surface area contributed by atoms with Crippen LogP contribution in [0.25, 0.3) is 0 Å². The minimum atomic E-state index is -1.40. The molecule has 7 heterocycles. The largest absolute Gasteiger partial charge is 0.469 e. The summed E-state index contributed by atoms with van der Waals surface area (Å²) in [6, 6.07) is 13.4. The molecule has 0 amide bonds. The molecule has 12 aliphatic rings. The molecule has 382 valence electrons. The van der Waals surface area contributed by atoms with Gasteiger partial charge >= 0.3 is 11.9 Å². The van der Waals surface area contributed by atoms with E-state index in [1.165, 1.54) is 24.8 Å². The van der Waals surface area contributed by atoms with E-state index in [0.717, 1.165) is 114 Å². The number of epoxide rings is 1. The summed E-state index contributed by atoms with van der Waals surface area (Å²) in [5, 5.41) is 17.6. The molecular weight excluding hydrogens is 893 g/mol. The molecule has 3 spiro atoms. The number of aryl methyl sites for hydroxylation is 1. The van der Waals surface area contributed by atoms with E-state index in [-0.39, 0.29) is 36.1 Å². The van der Waals surface area contributed by atoms with Crippen LogP contribution in [0.4, 0.5) is 0 Å². The molecule has 1 aromatic heterocycles. The standard InChI is InChI=1S/C60H78N2O9/c1-55-27-22-46-58-34-68-54(66)57(25-9-10-26-57)53(58)71-56(2,40-15-7-4-8-16-40)48(58)47(63)49(64)59(46,41-17-11-14-38(32-41)30-36-12-5-3-6-13-36)60(55)51(70-60)52(65)69-50(55)43-24-29-67-45(43)21-19-37-18-20-42-39(31-37)23-28-62-35-61-33-44(42)62/h3,5-6,12-13,23-24,28-29,37-42,44,46,48-51,53,61,64H,4,7-11,14-22,25-27,30-35H2,1-2H3/t37-,38-,39+,41-,42-,44-,46+,48+,49+,50-,51+,53-,55-,56+,58+,59-,60+/m0/s1. The van der Waals surface area contributed by atoms with E-state index in [4.69, 9.17) is 23.4 Å². The molecule has 11 nitrogen and oxygen atoms in total. The predicted molar refractivity (Wildman–Crippen MR) is 263 cm³/mol. The highest BCUT2D eigenvalue weighted by Gasteiger charge is 2.94. The summed E-state index contributed by atoms with van der Waals surface area (Å²) in [5.41, 5.74) is -3.61. The number of hydrogen-bond acceptors (Lipinski definition) is 11. The van der Waals surface area contributed by atoms with Gasteiger partial charge in [0.2, 0.25) is 0 Å². The number of fused-ring (bicyclic) bond motifs is 5. The number of furan rings is 1.